The molecule has 13 heavy (non-hydrogen) atoms. The first kappa shape index (κ1) is 12.1. The van der Waals surface area contributed by atoms with E-state index in [1.54, 1.807) is 6.92 Å². The average molecular weight is 182 g/mol. The maximum atomic E-state index is 8.61. The van der Waals surface area contributed by atoms with Crippen molar-refractivity contribution in [3.63, 3.8) is 0 Å². The Kier molecular flexibility index (Phi) is 7.26. The van der Waals surface area contributed by atoms with Gasteiger partial charge in [-0.05, 0) is 25.8 Å². The largest absolute Gasteiger partial charge is 0.397 e. The molecule has 2 nitrogen and oxygen atoms in total. The summed E-state index contributed by atoms with van der Waals surface area (Å²) in [5, 5.41) is 16.2. The highest BCUT2D eigenvalue weighted by atomic mass is 16.3. The van der Waals surface area contributed by atoms with Crippen LogP contribution in [-0.2, 0) is 6.42 Å². The van der Waals surface area contributed by atoms with Crippen LogP contribution < -0.4 is 0 Å². The molecular weight excluding hydrogens is 164 g/mol. The second-order valence-corrected chi connectivity index (χ2v) is 2.78. The molecule has 0 amide bonds. The Labute approximate surface area is 79.9 Å². The molecule has 2 N–H and O–H groups in total. The lowest BCUT2D eigenvalue weighted by atomic mass is 10.1. The van der Waals surface area contributed by atoms with E-state index < -0.39 is 0 Å². The third-order valence-electron chi connectivity index (χ3n) is 1.48. The molecule has 0 spiro atoms. The predicted octanol–water partition coefficient (Wildman–Crippen LogP) is 1.53. The fraction of sp³-hybridized carbons (Fsp3) is 0.455. The molecule has 0 radical (unpaired) electrons. The summed E-state index contributed by atoms with van der Waals surface area (Å²) in [6.45, 7) is 4.23. The van der Waals surface area contributed by atoms with E-state index in [4.69, 9.17) is 10.2 Å². The standard InChI is InChI=1S/C9H12O.C2H6O/c1-8-3-2-4-9(7-8)5-6-10;1-2-3/h2-4,7,10H,5-6H2,1H3;3H,2H2,1H3. The minimum absolute atomic E-state index is 0.240. The van der Waals surface area contributed by atoms with Crippen molar-refractivity contribution < 1.29 is 10.2 Å². The van der Waals surface area contributed by atoms with E-state index >= 15 is 0 Å². The molecule has 0 saturated heterocycles. The van der Waals surface area contributed by atoms with Crippen molar-refractivity contribution in [1.29, 1.82) is 0 Å². The van der Waals surface area contributed by atoms with Crippen molar-refractivity contribution in [2.45, 2.75) is 20.3 Å². The highest BCUT2D eigenvalue weighted by Gasteiger charge is 1.89. The molecule has 0 heterocycles. The van der Waals surface area contributed by atoms with Crippen LogP contribution in [0.4, 0.5) is 0 Å². The molecule has 2 heteroatoms. The van der Waals surface area contributed by atoms with Crippen molar-refractivity contribution in [3.05, 3.63) is 35.4 Å². The van der Waals surface area contributed by atoms with Gasteiger partial charge in [0, 0.05) is 13.2 Å². The first-order valence-electron chi connectivity index (χ1n) is 4.51. The first-order chi connectivity index (χ1) is 6.24. The maximum Gasteiger partial charge on any atom is 0.0471 e. The summed E-state index contributed by atoms with van der Waals surface area (Å²) < 4.78 is 0. The lowest BCUT2D eigenvalue weighted by molar-refractivity contribution is 0.299. The van der Waals surface area contributed by atoms with E-state index in [2.05, 4.69) is 19.1 Å². The summed E-state index contributed by atoms with van der Waals surface area (Å²) in [5.74, 6) is 0. The molecule has 1 aromatic carbocycles. The van der Waals surface area contributed by atoms with E-state index in [9.17, 15) is 0 Å². The molecule has 0 aliphatic heterocycles. The van der Waals surface area contributed by atoms with Gasteiger partial charge in [0.2, 0.25) is 0 Å². The van der Waals surface area contributed by atoms with Crippen LogP contribution in [-0.4, -0.2) is 23.4 Å². The Hall–Kier alpha value is -0.860. The molecular formula is C11H18O2. The van der Waals surface area contributed by atoms with Crippen LogP contribution in [0.3, 0.4) is 0 Å². The topological polar surface area (TPSA) is 40.5 Å². The monoisotopic (exact) mass is 182 g/mol. The molecule has 74 valence electrons. The Morgan fingerprint density at radius 3 is 2.31 bits per heavy atom. The van der Waals surface area contributed by atoms with Gasteiger partial charge in [-0.3, -0.25) is 0 Å². The zero-order valence-electron chi connectivity index (χ0n) is 8.33. The zero-order valence-corrected chi connectivity index (χ0v) is 8.33. The van der Waals surface area contributed by atoms with Crippen molar-refractivity contribution in [1.82, 2.24) is 0 Å². The fourth-order valence-corrected chi connectivity index (χ4v) is 0.997. The van der Waals surface area contributed by atoms with Gasteiger partial charge >= 0.3 is 0 Å². The van der Waals surface area contributed by atoms with E-state index in [1.807, 2.05) is 12.1 Å². The number of rotatable bonds is 2. The number of aryl methyl sites for hydroxylation is 1. The average Bonchev–Trinajstić information content (AvgIpc) is 2.06. The zero-order chi connectivity index (χ0) is 10.1. The first-order valence-corrected chi connectivity index (χ1v) is 4.51. The van der Waals surface area contributed by atoms with Gasteiger partial charge in [-0.1, -0.05) is 29.8 Å². The molecule has 0 atom stereocenters. The number of aliphatic hydroxyl groups is 2. The van der Waals surface area contributed by atoms with Gasteiger partial charge < -0.3 is 10.2 Å². The van der Waals surface area contributed by atoms with Gasteiger partial charge in [-0.2, -0.15) is 0 Å². The quantitative estimate of drug-likeness (QED) is 0.728. The second kappa shape index (κ2) is 7.77. The molecule has 1 aromatic rings. The molecule has 0 aliphatic carbocycles. The lowest BCUT2D eigenvalue weighted by Crippen LogP contribution is -1.89. The highest BCUT2D eigenvalue weighted by Crippen LogP contribution is 2.03. The Bertz CT molecular complexity index is 221. The SMILES string of the molecule is CCO.Cc1cccc(CCO)c1. The summed E-state index contributed by atoms with van der Waals surface area (Å²) in [4.78, 5) is 0. The van der Waals surface area contributed by atoms with Gasteiger partial charge in [-0.15, -0.1) is 0 Å². The second-order valence-electron chi connectivity index (χ2n) is 2.78. The number of hydrogen-bond acceptors (Lipinski definition) is 2. The Morgan fingerprint density at radius 2 is 1.85 bits per heavy atom. The molecule has 0 unspecified atom stereocenters. The van der Waals surface area contributed by atoms with Crippen molar-refractivity contribution >= 4 is 0 Å². The van der Waals surface area contributed by atoms with E-state index in [0.717, 1.165) is 6.42 Å². The maximum absolute atomic E-state index is 8.61. The third-order valence-corrected chi connectivity index (χ3v) is 1.48. The molecule has 0 fully saturated rings. The van der Waals surface area contributed by atoms with Crippen LogP contribution in [0.2, 0.25) is 0 Å². The molecule has 0 saturated carbocycles. The lowest BCUT2D eigenvalue weighted by Gasteiger charge is -1.97. The summed E-state index contributed by atoms with van der Waals surface area (Å²) in [6, 6.07) is 8.20. The number of benzene rings is 1. The van der Waals surface area contributed by atoms with E-state index in [0.29, 0.717) is 0 Å². The molecule has 0 aromatic heterocycles. The van der Waals surface area contributed by atoms with Crippen LogP contribution in [0, 0.1) is 6.92 Å². The fourth-order valence-electron chi connectivity index (χ4n) is 0.997. The minimum atomic E-state index is 0.240. The Morgan fingerprint density at radius 1 is 1.23 bits per heavy atom. The summed E-state index contributed by atoms with van der Waals surface area (Å²) in [5.41, 5.74) is 2.47. The molecule has 0 aliphatic rings. The van der Waals surface area contributed by atoms with Crippen molar-refractivity contribution in [2.24, 2.45) is 0 Å². The minimum Gasteiger partial charge on any atom is -0.397 e. The third kappa shape index (κ3) is 6.31. The van der Waals surface area contributed by atoms with Crippen molar-refractivity contribution in [2.75, 3.05) is 13.2 Å². The summed E-state index contributed by atoms with van der Waals surface area (Å²) in [7, 11) is 0. The molecule has 0 bridgehead atoms. The van der Waals surface area contributed by atoms with Gasteiger partial charge in [-0.25, -0.2) is 0 Å². The van der Waals surface area contributed by atoms with Gasteiger partial charge in [0.05, 0.1) is 0 Å². The van der Waals surface area contributed by atoms with Crippen LogP contribution in [0.15, 0.2) is 24.3 Å². The smallest absolute Gasteiger partial charge is 0.0471 e. The van der Waals surface area contributed by atoms with Gasteiger partial charge in [0.1, 0.15) is 0 Å². The summed E-state index contributed by atoms with van der Waals surface area (Å²) in [6.07, 6.45) is 0.766. The van der Waals surface area contributed by atoms with E-state index in [1.165, 1.54) is 11.1 Å². The van der Waals surface area contributed by atoms with Gasteiger partial charge in [0.15, 0.2) is 0 Å². The van der Waals surface area contributed by atoms with Gasteiger partial charge in [0.25, 0.3) is 0 Å². The van der Waals surface area contributed by atoms with Crippen LogP contribution in [0.1, 0.15) is 18.1 Å². The summed E-state index contributed by atoms with van der Waals surface area (Å²) >= 11 is 0. The normalized spacial score (nSPS) is 8.92. The number of aliphatic hydroxyl groups excluding tert-OH is 2. The van der Waals surface area contributed by atoms with Crippen LogP contribution in [0.5, 0.6) is 0 Å². The van der Waals surface area contributed by atoms with Crippen molar-refractivity contribution in [3.8, 4) is 0 Å². The van der Waals surface area contributed by atoms with Crippen LogP contribution in [0.25, 0.3) is 0 Å². The Balaban J connectivity index is 0.000000424. The number of hydrogen-bond donors (Lipinski definition) is 2. The van der Waals surface area contributed by atoms with Crippen LogP contribution >= 0.6 is 0 Å². The molecule has 1 rings (SSSR count). The predicted molar refractivity (Wildman–Crippen MR) is 54.7 cm³/mol. The highest BCUT2D eigenvalue weighted by molar-refractivity contribution is 5.22. The van der Waals surface area contributed by atoms with E-state index in [-0.39, 0.29) is 13.2 Å².